The monoisotopic (exact) mass is 371 g/mol. The maximum atomic E-state index is 13.7. The minimum absolute atomic E-state index is 0.0225. The molecule has 1 amide bonds. The fraction of sp³-hybridized carbons (Fsp3) is 0.438. The lowest BCUT2D eigenvalue weighted by Crippen LogP contribution is -2.25. The summed E-state index contributed by atoms with van der Waals surface area (Å²) >= 11 is 1.26. The van der Waals surface area contributed by atoms with Crippen LogP contribution in [0.3, 0.4) is 0 Å². The molecule has 25 heavy (non-hydrogen) atoms. The number of aryl methyl sites for hydroxylation is 1. The first-order valence-corrected chi connectivity index (χ1v) is 8.57. The van der Waals surface area contributed by atoms with Gasteiger partial charge in [-0.05, 0) is 26.7 Å². The molecule has 1 aliphatic heterocycles. The van der Waals surface area contributed by atoms with E-state index in [1.54, 1.807) is 0 Å². The van der Waals surface area contributed by atoms with Gasteiger partial charge in [0.1, 0.15) is 0 Å². The number of carbonyl (C=O) groups is 1. The van der Waals surface area contributed by atoms with Crippen molar-refractivity contribution in [3.8, 4) is 0 Å². The maximum absolute atomic E-state index is 13.7. The van der Waals surface area contributed by atoms with Crippen molar-refractivity contribution in [1.29, 1.82) is 0 Å². The smallest absolute Gasteiger partial charge is 0.282 e. The molecule has 1 atom stereocenters. The van der Waals surface area contributed by atoms with Crippen LogP contribution in [0, 0.1) is 31.6 Å². The number of aromatic nitrogens is 2. The van der Waals surface area contributed by atoms with Gasteiger partial charge >= 0.3 is 0 Å². The van der Waals surface area contributed by atoms with E-state index < -0.39 is 29.2 Å². The predicted molar refractivity (Wildman–Crippen MR) is 84.8 cm³/mol. The van der Waals surface area contributed by atoms with Crippen LogP contribution in [0.2, 0.25) is 0 Å². The van der Waals surface area contributed by atoms with Gasteiger partial charge < -0.3 is 9.30 Å². The van der Waals surface area contributed by atoms with Crippen molar-refractivity contribution >= 4 is 17.2 Å². The van der Waals surface area contributed by atoms with Gasteiger partial charge in [0, 0.05) is 23.2 Å². The van der Waals surface area contributed by atoms with Crippen molar-refractivity contribution in [3.05, 3.63) is 44.7 Å². The summed E-state index contributed by atoms with van der Waals surface area (Å²) in [6.45, 7) is 4.97. The fourth-order valence-corrected chi connectivity index (χ4v) is 3.64. The Hall–Kier alpha value is -2.00. The van der Waals surface area contributed by atoms with E-state index in [2.05, 4.69) is 9.98 Å². The van der Waals surface area contributed by atoms with Gasteiger partial charge in [0.25, 0.3) is 11.9 Å². The molecule has 0 aromatic carbocycles. The molecule has 2 aromatic rings. The van der Waals surface area contributed by atoms with Crippen molar-refractivity contribution in [3.63, 3.8) is 0 Å². The molecule has 0 spiro atoms. The molecule has 0 aliphatic carbocycles. The molecular weight excluding hydrogens is 355 g/mol. The summed E-state index contributed by atoms with van der Waals surface area (Å²) in [5.41, 5.74) is 0.136. The Morgan fingerprint density at radius 2 is 2.20 bits per heavy atom. The van der Waals surface area contributed by atoms with Crippen LogP contribution >= 0.6 is 11.3 Å². The lowest BCUT2D eigenvalue weighted by molar-refractivity contribution is 0.0944. The molecule has 9 heteroatoms. The first-order chi connectivity index (χ1) is 11.9. The van der Waals surface area contributed by atoms with Gasteiger partial charge in [-0.2, -0.15) is 18.8 Å². The highest BCUT2D eigenvalue weighted by Crippen LogP contribution is 2.18. The maximum Gasteiger partial charge on any atom is 0.282 e. The van der Waals surface area contributed by atoms with Crippen LogP contribution in [-0.2, 0) is 11.3 Å². The van der Waals surface area contributed by atoms with Crippen LogP contribution in [0.1, 0.15) is 33.8 Å². The second-order valence-corrected chi connectivity index (χ2v) is 6.97. The lowest BCUT2D eigenvalue weighted by atomic mass is 10.2. The number of halogens is 3. The highest BCUT2D eigenvalue weighted by Gasteiger charge is 2.21. The first kappa shape index (κ1) is 17.8. The van der Waals surface area contributed by atoms with E-state index in [-0.39, 0.29) is 6.10 Å². The molecule has 1 fully saturated rings. The largest absolute Gasteiger partial charge is 0.376 e. The number of thiazole rings is 1. The summed E-state index contributed by atoms with van der Waals surface area (Å²) in [5, 5.41) is 0. The van der Waals surface area contributed by atoms with Crippen LogP contribution < -0.4 is 4.80 Å². The number of amides is 1. The minimum Gasteiger partial charge on any atom is -0.376 e. The zero-order valence-corrected chi connectivity index (χ0v) is 14.5. The van der Waals surface area contributed by atoms with E-state index in [4.69, 9.17) is 4.74 Å². The third-order valence-corrected chi connectivity index (χ3v) is 5.21. The Bertz CT molecular complexity index is 885. The normalized spacial score (nSPS) is 18.1. The Morgan fingerprint density at radius 3 is 2.88 bits per heavy atom. The molecule has 5 nitrogen and oxygen atoms in total. The average Bonchev–Trinajstić information content (AvgIpc) is 3.15. The van der Waals surface area contributed by atoms with Crippen LogP contribution in [0.5, 0.6) is 0 Å². The minimum atomic E-state index is -1.66. The number of rotatable bonds is 3. The summed E-state index contributed by atoms with van der Waals surface area (Å²) in [6.07, 6.45) is 1.90. The van der Waals surface area contributed by atoms with E-state index in [1.165, 1.54) is 11.3 Å². The summed E-state index contributed by atoms with van der Waals surface area (Å²) < 4.78 is 47.6. The molecule has 0 radical (unpaired) electrons. The zero-order chi connectivity index (χ0) is 18.1. The predicted octanol–water partition coefficient (Wildman–Crippen LogP) is 2.90. The van der Waals surface area contributed by atoms with Crippen LogP contribution in [-0.4, -0.2) is 28.2 Å². The number of hydrogen-bond acceptors (Lipinski definition) is 4. The third-order valence-electron chi connectivity index (χ3n) is 4.11. The number of nitrogens with zero attached hydrogens (tertiary/aromatic N) is 3. The van der Waals surface area contributed by atoms with Gasteiger partial charge in [0.05, 0.1) is 18.2 Å². The quantitative estimate of drug-likeness (QED) is 0.780. The lowest BCUT2D eigenvalue weighted by Gasteiger charge is -2.12. The van der Waals surface area contributed by atoms with Gasteiger partial charge in [-0.25, -0.2) is 4.39 Å². The molecule has 1 unspecified atom stereocenters. The average molecular weight is 371 g/mol. The van der Waals surface area contributed by atoms with Crippen LogP contribution in [0.25, 0.3) is 0 Å². The molecule has 1 saturated heterocycles. The van der Waals surface area contributed by atoms with Gasteiger partial charge in [0.2, 0.25) is 5.95 Å². The second kappa shape index (κ2) is 7.09. The van der Waals surface area contributed by atoms with Crippen molar-refractivity contribution in [2.75, 3.05) is 6.61 Å². The summed E-state index contributed by atoms with van der Waals surface area (Å²) in [4.78, 5) is 20.1. The van der Waals surface area contributed by atoms with Crippen molar-refractivity contribution in [2.45, 2.75) is 39.3 Å². The van der Waals surface area contributed by atoms with E-state index in [1.807, 2.05) is 18.4 Å². The van der Waals surface area contributed by atoms with Gasteiger partial charge in [-0.3, -0.25) is 4.79 Å². The molecule has 134 valence electrons. The van der Waals surface area contributed by atoms with Crippen LogP contribution in [0.4, 0.5) is 13.2 Å². The highest BCUT2D eigenvalue weighted by molar-refractivity contribution is 7.09. The van der Waals surface area contributed by atoms with Crippen molar-refractivity contribution in [1.82, 2.24) is 9.55 Å². The van der Waals surface area contributed by atoms with Crippen molar-refractivity contribution in [2.24, 2.45) is 4.99 Å². The Kier molecular flexibility index (Phi) is 5.05. The van der Waals surface area contributed by atoms with E-state index >= 15 is 0 Å². The Morgan fingerprint density at radius 1 is 1.44 bits per heavy atom. The van der Waals surface area contributed by atoms with E-state index in [0.717, 1.165) is 23.4 Å². The SMILES string of the molecule is Cc1sc(=NC(=O)c2cc(F)nc(F)c2F)n(CC2CCCO2)c1C. The third kappa shape index (κ3) is 3.67. The highest BCUT2D eigenvalue weighted by atomic mass is 32.1. The molecule has 0 bridgehead atoms. The van der Waals surface area contributed by atoms with Crippen LogP contribution in [0.15, 0.2) is 11.1 Å². The number of ether oxygens (including phenoxy) is 1. The van der Waals surface area contributed by atoms with Gasteiger partial charge in [-0.15, -0.1) is 11.3 Å². The molecular formula is C16H16F3N3O2S. The summed E-state index contributed by atoms with van der Waals surface area (Å²) in [6, 6.07) is 0.544. The van der Waals surface area contributed by atoms with Crippen molar-refractivity contribution < 1.29 is 22.7 Å². The molecule has 3 heterocycles. The summed E-state index contributed by atoms with van der Waals surface area (Å²) in [7, 11) is 0. The van der Waals surface area contributed by atoms with Gasteiger partial charge in [-0.1, -0.05) is 0 Å². The summed E-state index contributed by atoms with van der Waals surface area (Å²) in [5.74, 6) is -5.50. The number of pyridine rings is 1. The Labute approximate surface area is 145 Å². The molecule has 2 aromatic heterocycles. The number of hydrogen-bond donors (Lipinski definition) is 0. The second-order valence-electron chi connectivity index (χ2n) is 5.79. The molecule has 0 N–H and O–H groups in total. The van der Waals surface area contributed by atoms with E-state index in [9.17, 15) is 18.0 Å². The first-order valence-electron chi connectivity index (χ1n) is 7.76. The zero-order valence-electron chi connectivity index (χ0n) is 13.7. The fourth-order valence-electron chi connectivity index (χ4n) is 2.66. The molecule has 3 rings (SSSR count). The topological polar surface area (TPSA) is 56.5 Å². The Balaban J connectivity index is 2.01. The number of carbonyl (C=O) groups excluding carboxylic acids is 1. The molecule has 1 aliphatic rings. The van der Waals surface area contributed by atoms with Gasteiger partial charge in [0.15, 0.2) is 10.6 Å². The van der Waals surface area contributed by atoms with E-state index in [0.29, 0.717) is 24.0 Å². The molecule has 0 saturated carbocycles. The standard InChI is InChI=1S/C16H16F3N3O2S/c1-8-9(2)25-16(22(8)7-10-4-3-5-24-10)21-15(23)11-6-12(17)20-14(19)13(11)18/h6,10H,3-5,7H2,1-2H3.